The van der Waals surface area contributed by atoms with Crippen LogP contribution in [0.4, 0.5) is 0 Å². The van der Waals surface area contributed by atoms with Crippen molar-refractivity contribution in [1.29, 1.82) is 0 Å². The number of hydrazone groups is 1. The minimum Gasteiger partial charge on any atom is -0.506 e. The second kappa shape index (κ2) is 8.81. The van der Waals surface area contributed by atoms with Gasteiger partial charge >= 0.3 is 0 Å². The standard InChI is InChI=1S/C18H13Br3N4O2/c19-13-3-1-11(2-4-13)10-25-6-5-16(24-25)18(27)23-22-9-12-7-14(20)17(26)15(21)8-12/h1-9,26H,10H2,(H,23,27)/b22-9-. The highest BCUT2D eigenvalue weighted by Gasteiger charge is 2.09. The van der Waals surface area contributed by atoms with Crippen molar-refractivity contribution in [2.24, 2.45) is 5.10 Å². The number of nitrogens with one attached hydrogen (secondary N) is 1. The molecule has 0 spiro atoms. The Hall–Kier alpha value is -1.97. The molecule has 0 bridgehead atoms. The molecular weight excluding hydrogens is 544 g/mol. The minimum atomic E-state index is -0.405. The van der Waals surface area contributed by atoms with Gasteiger partial charge in [-0.05, 0) is 73.3 Å². The van der Waals surface area contributed by atoms with E-state index >= 15 is 0 Å². The molecule has 6 nitrogen and oxygen atoms in total. The number of rotatable bonds is 5. The summed E-state index contributed by atoms with van der Waals surface area (Å²) in [6.45, 7) is 0.569. The zero-order chi connectivity index (χ0) is 19.4. The molecule has 0 atom stereocenters. The summed E-state index contributed by atoms with van der Waals surface area (Å²) in [5.74, 6) is -0.301. The van der Waals surface area contributed by atoms with Gasteiger partial charge in [0.05, 0.1) is 21.7 Å². The fourth-order valence-electron chi connectivity index (χ4n) is 2.23. The highest BCUT2D eigenvalue weighted by atomic mass is 79.9. The van der Waals surface area contributed by atoms with E-state index in [0.29, 0.717) is 21.1 Å². The van der Waals surface area contributed by atoms with Crippen LogP contribution in [0.15, 0.2) is 67.2 Å². The summed E-state index contributed by atoms with van der Waals surface area (Å²) in [6.07, 6.45) is 3.22. The Kier molecular flexibility index (Phi) is 6.46. The first kappa shape index (κ1) is 19.8. The maximum absolute atomic E-state index is 12.2. The zero-order valence-electron chi connectivity index (χ0n) is 13.7. The van der Waals surface area contributed by atoms with Gasteiger partial charge in [-0.25, -0.2) is 5.43 Å². The van der Waals surface area contributed by atoms with Crippen LogP contribution in [0.5, 0.6) is 5.75 Å². The summed E-state index contributed by atoms with van der Waals surface area (Å²) in [5.41, 5.74) is 4.50. The molecule has 0 aliphatic carbocycles. The Morgan fingerprint density at radius 1 is 1.15 bits per heavy atom. The fraction of sp³-hybridized carbons (Fsp3) is 0.0556. The second-order valence-electron chi connectivity index (χ2n) is 5.56. The highest BCUT2D eigenvalue weighted by molar-refractivity contribution is 9.11. The molecule has 0 radical (unpaired) electrons. The number of aromatic hydroxyl groups is 1. The van der Waals surface area contributed by atoms with E-state index in [4.69, 9.17) is 0 Å². The molecule has 1 aromatic heterocycles. The average Bonchev–Trinajstić information content (AvgIpc) is 3.10. The predicted molar refractivity (Wildman–Crippen MR) is 114 cm³/mol. The predicted octanol–water partition coefficient (Wildman–Crippen LogP) is 4.69. The molecule has 1 amide bonds. The number of phenolic OH excluding ortho intramolecular Hbond substituents is 1. The van der Waals surface area contributed by atoms with Crippen molar-refractivity contribution >= 4 is 59.9 Å². The lowest BCUT2D eigenvalue weighted by Crippen LogP contribution is -2.18. The number of phenols is 1. The molecule has 0 saturated carbocycles. The van der Waals surface area contributed by atoms with Crippen molar-refractivity contribution in [1.82, 2.24) is 15.2 Å². The topological polar surface area (TPSA) is 79.5 Å². The van der Waals surface area contributed by atoms with Crippen LogP contribution in [-0.4, -0.2) is 27.0 Å². The van der Waals surface area contributed by atoms with E-state index in [1.807, 2.05) is 24.3 Å². The van der Waals surface area contributed by atoms with Crippen molar-refractivity contribution in [2.45, 2.75) is 6.54 Å². The van der Waals surface area contributed by atoms with Gasteiger partial charge in [0.15, 0.2) is 5.69 Å². The molecule has 27 heavy (non-hydrogen) atoms. The fourth-order valence-corrected chi connectivity index (χ4v) is 3.72. The molecule has 0 fully saturated rings. The summed E-state index contributed by atoms with van der Waals surface area (Å²) in [5, 5.41) is 17.9. The van der Waals surface area contributed by atoms with Crippen molar-refractivity contribution in [3.63, 3.8) is 0 Å². The van der Waals surface area contributed by atoms with Crippen LogP contribution in [0.1, 0.15) is 21.6 Å². The molecule has 138 valence electrons. The van der Waals surface area contributed by atoms with E-state index in [1.165, 1.54) is 6.21 Å². The summed E-state index contributed by atoms with van der Waals surface area (Å²) in [6, 6.07) is 12.9. The van der Waals surface area contributed by atoms with Gasteiger partial charge in [-0.3, -0.25) is 9.48 Å². The van der Waals surface area contributed by atoms with Gasteiger partial charge < -0.3 is 5.11 Å². The van der Waals surface area contributed by atoms with Crippen molar-refractivity contribution in [2.75, 3.05) is 0 Å². The molecule has 3 aromatic rings. The molecule has 2 aromatic carbocycles. The van der Waals surface area contributed by atoms with E-state index in [0.717, 1.165) is 10.0 Å². The normalized spacial score (nSPS) is 11.1. The molecule has 2 N–H and O–H groups in total. The molecule has 0 saturated heterocycles. The van der Waals surface area contributed by atoms with Crippen LogP contribution in [0, 0.1) is 0 Å². The van der Waals surface area contributed by atoms with Crippen LogP contribution < -0.4 is 5.43 Å². The lowest BCUT2D eigenvalue weighted by atomic mass is 10.2. The average molecular weight is 557 g/mol. The first-order valence-corrected chi connectivity index (χ1v) is 10.1. The van der Waals surface area contributed by atoms with Crippen molar-refractivity contribution in [3.8, 4) is 5.75 Å². The third-order valence-electron chi connectivity index (χ3n) is 3.55. The molecule has 1 heterocycles. The number of amides is 1. The van der Waals surface area contributed by atoms with Gasteiger partial charge in [0.25, 0.3) is 5.91 Å². The van der Waals surface area contributed by atoms with E-state index in [9.17, 15) is 9.90 Å². The van der Waals surface area contributed by atoms with Crippen LogP contribution in [0.3, 0.4) is 0 Å². The van der Waals surface area contributed by atoms with Gasteiger partial charge in [0.1, 0.15) is 5.75 Å². The summed E-state index contributed by atoms with van der Waals surface area (Å²) >= 11 is 9.89. The third-order valence-corrected chi connectivity index (χ3v) is 5.29. The number of hydrogen-bond acceptors (Lipinski definition) is 4. The van der Waals surface area contributed by atoms with E-state index in [1.54, 1.807) is 29.1 Å². The molecule has 3 rings (SSSR count). The number of hydrogen-bond donors (Lipinski definition) is 2. The monoisotopic (exact) mass is 554 g/mol. The number of carbonyl (C=O) groups excluding carboxylic acids is 1. The van der Waals surface area contributed by atoms with E-state index in [-0.39, 0.29) is 11.4 Å². The van der Waals surface area contributed by atoms with Crippen LogP contribution in [-0.2, 0) is 6.54 Å². The quantitative estimate of drug-likeness (QED) is 0.353. The maximum Gasteiger partial charge on any atom is 0.291 e. The van der Waals surface area contributed by atoms with E-state index < -0.39 is 5.91 Å². The largest absolute Gasteiger partial charge is 0.506 e. The van der Waals surface area contributed by atoms with Gasteiger partial charge in [-0.15, -0.1) is 0 Å². The number of carbonyl (C=O) groups is 1. The number of benzene rings is 2. The summed E-state index contributed by atoms with van der Waals surface area (Å²) in [4.78, 5) is 12.2. The molecule has 9 heteroatoms. The van der Waals surface area contributed by atoms with Gasteiger partial charge in [-0.2, -0.15) is 10.2 Å². The van der Waals surface area contributed by atoms with Crippen LogP contribution in [0.2, 0.25) is 0 Å². The zero-order valence-corrected chi connectivity index (χ0v) is 18.5. The lowest BCUT2D eigenvalue weighted by molar-refractivity contribution is 0.0949. The summed E-state index contributed by atoms with van der Waals surface area (Å²) in [7, 11) is 0. The first-order valence-electron chi connectivity index (χ1n) is 7.71. The SMILES string of the molecule is O=C(N/N=C\c1cc(Br)c(O)c(Br)c1)c1ccn(Cc2ccc(Br)cc2)n1. The Morgan fingerprint density at radius 2 is 1.81 bits per heavy atom. The van der Waals surface area contributed by atoms with Crippen LogP contribution >= 0.6 is 47.8 Å². The molecular formula is C18H13Br3N4O2. The van der Waals surface area contributed by atoms with Crippen molar-refractivity contribution in [3.05, 3.63) is 78.9 Å². The molecule has 0 unspecified atom stereocenters. The van der Waals surface area contributed by atoms with E-state index in [2.05, 4.69) is 63.4 Å². The summed E-state index contributed by atoms with van der Waals surface area (Å²) < 4.78 is 3.75. The van der Waals surface area contributed by atoms with Gasteiger partial charge in [0.2, 0.25) is 0 Å². The number of halogens is 3. The van der Waals surface area contributed by atoms with Crippen molar-refractivity contribution < 1.29 is 9.90 Å². The van der Waals surface area contributed by atoms with Gasteiger partial charge in [-0.1, -0.05) is 28.1 Å². The first-order chi connectivity index (χ1) is 12.9. The Labute approximate surface area is 180 Å². The molecule has 0 aliphatic heterocycles. The Morgan fingerprint density at radius 3 is 2.48 bits per heavy atom. The Balaban J connectivity index is 1.61. The third kappa shape index (κ3) is 5.27. The maximum atomic E-state index is 12.2. The number of aromatic nitrogens is 2. The highest BCUT2D eigenvalue weighted by Crippen LogP contribution is 2.32. The lowest BCUT2D eigenvalue weighted by Gasteiger charge is -2.02. The number of nitrogens with zero attached hydrogens (tertiary/aromatic N) is 3. The molecule has 0 aliphatic rings. The Bertz CT molecular complexity index is 977. The smallest absolute Gasteiger partial charge is 0.291 e. The van der Waals surface area contributed by atoms with Gasteiger partial charge in [0, 0.05) is 10.7 Å². The van der Waals surface area contributed by atoms with Crippen LogP contribution in [0.25, 0.3) is 0 Å². The second-order valence-corrected chi connectivity index (χ2v) is 8.18. The minimum absolute atomic E-state index is 0.104.